The number of phenolic OH excluding ortho intramolecular Hbond substituents is 1. The maximum atomic E-state index is 9.99. The molecule has 0 fully saturated rings. The van der Waals surface area contributed by atoms with Gasteiger partial charge < -0.3 is 10.4 Å². The van der Waals surface area contributed by atoms with E-state index in [0.29, 0.717) is 23.2 Å². The number of hydrogen-bond donors (Lipinski definition) is 2. The molecule has 0 amide bonds. The molecule has 0 saturated heterocycles. The van der Waals surface area contributed by atoms with Crippen molar-refractivity contribution in [3.63, 3.8) is 0 Å². The van der Waals surface area contributed by atoms with Crippen LogP contribution in [0.3, 0.4) is 0 Å². The van der Waals surface area contributed by atoms with E-state index in [0.717, 1.165) is 5.56 Å². The van der Waals surface area contributed by atoms with Crippen molar-refractivity contribution in [1.82, 2.24) is 15.0 Å². The lowest BCUT2D eigenvalue weighted by Gasteiger charge is -2.06. The van der Waals surface area contributed by atoms with Crippen LogP contribution >= 0.6 is 0 Å². The maximum absolute atomic E-state index is 9.99. The summed E-state index contributed by atoms with van der Waals surface area (Å²) in [6, 6.07) is 16.9. The lowest BCUT2D eigenvalue weighted by atomic mass is 10.2. The Morgan fingerprint density at radius 2 is 1.61 bits per heavy atom. The van der Waals surface area contributed by atoms with Gasteiger partial charge in [0.1, 0.15) is 5.75 Å². The van der Waals surface area contributed by atoms with Gasteiger partial charge in [0.15, 0.2) is 11.6 Å². The van der Waals surface area contributed by atoms with Crippen molar-refractivity contribution in [3.8, 4) is 17.1 Å². The number of nitrogens with one attached hydrogen (secondary N) is 1. The fraction of sp³-hybridized carbons (Fsp3) is 0.0556. The minimum absolute atomic E-state index is 0.138. The third-order valence-electron chi connectivity index (χ3n) is 3.25. The van der Waals surface area contributed by atoms with E-state index in [1.54, 1.807) is 25.2 Å². The summed E-state index contributed by atoms with van der Waals surface area (Å²) >= 11 is 0. The summed E-state index contributed by atoms with van der Waals surface area (Å²) in [4.78, 5) is 13.0. The third-order valence-corrected chi connectivity index (χ3v) is 3.25. The van der Waals surface area contributed by atoms with Crippen molar-refractivity contribution >= 4 is 18.1 Å². The smallest absolute Gasteiger partial charge is 0.226 e. The summed E-state index contributed by atoms with van der Waals surface area (Å²) < 4.78 is 0. The second-order valence-corrected chi connectivity index (χ2v) is 4.85. The number of benzene rings is 2. The first-order chi connectivity index (χ1) is 11.3. The Morgan fingerprint density at radius 3 is 2.35 bits per heavy atom. The average Bonchev–Trinajstić information content (AvgIpc) is 2.61. The molecule has 0 radical (unpaired) electrons. The highest BCUT2D eigenvalue weighted by Gasteiger charge is 2.09. The Bertz CT molecular complexity index is 831. The highest BCUT2D eigenvalue weighted by atomic mass is 16.3. The summed E-state index contributed by atoms with van der Waals surface area (Å²) in [5.41, 5.74) is 1.63. The number of hydrogen-bond acceptors (Lipinski definition) is 5. The number of anilines is 1. The van der Waals surface area contributed by atoms with E-state index in [9.17, 15) is 5.11 Å². The Balaban J connectivity index is 2.00. The SMILES string of the molecule is CNc1nc(/C=C/c2ccccc2)nc(-c2ccccc2O)n1. The predicted molar refractivity (Wildman–Crippen MR) is 91.8 cm³/mol. The first kappa shape index (κ1) is 14.7. The van der Waals surface area contributed by atoms with Crippen molar-refractivity contribution in [3.05, 3.63) is 66.0 Å². The number of rotatable bonds is 4. The monoisotopic (exact) mass is 304 g/mol. The van der Waals surface area contributed by atoms with E-state index in [1.165, 1.54) is 0 Å². The van der Waals surface area contributed by atoms with Crippen molar-refractivity contribution in [2.75, 3.05) is 12.4 Å². The molecule has 3 aromatic rings. The van der Waals surface area contributed by atoms with Gasteiger partial charge in [-0.2, -0.15) is 9.97 Å². The molecule has 1 aromatic heterocycles. The van der Waals surface area contributed by atoms with E-state index in [2.05, 4.69) is 20.3 Å². The number of aromatic hydroxyl groups is 1. The van der Waals surface area contributed by atoms with Gasteiger partial charge in [-0.3, -0.25) is 0 Å². The molecule has 5 heteroatoms. The minimum Gasteiger partial charge on any atom is -0.507 e. The number of nitrogens with zero attached hydrogens (tertiary/aromatic N) is 3. The molecule has 0 atom stereocenters. The first-order valence-corrected chi connectivity index (χ1v) is 7.21. The lowest BCUT2D eigenvalue weighted by Crippen LogP contribution is -2.02. The predicted octanol–water partition coefficient (Wildman–Crippen LogP) is 3.46. The Labute approximate surface area is 134 Å². The summed E-state index contributed by atoms with van der Waals surface area (Å²) in [6.07, 6.45) is 3.75. The summed E-state index contributed by atoms with van der Waals surface area (Å²) in [7, 11) is 1.74. The van der Waals surface area contributed by atoms with Gasteiger partial charge in [0.2, 0.25) is 5.95 Å². The number of para-hydroxylation sites is 1. The molecule has 0 bridgehead atoms. The summed E-state index contributed by atoms with van der Waals surface area (Å²) in [5.74, 6) is 1.53. The van der Waals surface area contributed by atoms with Gasteiger partial charge in [-0.1, -0.05) is 48.5 Å². The van der Waals surface area contributed by atoms with Gasteiger partial charge >= 0.3 is 0 Å². The molecule has 0 aliphatic heterocycles. The Morgan fingerprint density at radius 1 is 0.870 bits per heavy atom. The van der Waals surface area contributed by atoms with Crippen molar-refractivity contribution in [1.29, 1.82) is 0 Å². The van der Waals surface area contributed by atoms with E-state index in [-0.39, 0.29) is 5.75 Å². The maximum Gasteiger partial charge on any atom is 0.226 e. The quantitative estimate of drug-likeness (QED) is 0.772. The molecule has 0 unspecified atom stereocenters. The molecule has 1 heterocycles. The van der Waals surface area contributed by atoms with Crippen molar-refractivity contribution in [2.45, 2.75) is 0 Å². The highest BCUT2D eigenvalue weighted by Crippen LogP contribution is 2.26. The van der Waals surface area contributed by atoms with Gasteiger partial charge in [-0.25, -0.2) is 4.98 Å². The Kier molecular flexibility index (Phi) is 4.29. The van der Waals surface area contributed by atoms with Gasteiger partial charge in [0.05, 0.1) is 5.56 Å². The lowest BCUT2D eigenvalue weighted by molar-refractivity contribution is 0.477. The molecule has 114 valence electrons. The largest absolute Gasteiger partial charge is 0.507 e. The normalized spacial score (nSPS) is 10.8. The Hall–Kier alpha value is -3.21. The van der Waals surface area contributed by atoms with Gasteiger partial charge in [-0.15, -0.1) is 0 Å². The first-order valence-electron chi connectivity index (χ1n) is 7.21. The fourth-order valence-electron chi connectivity index (χ4n) is 2.10. The molecule has 2 aromatic carbocycles. The minimum atomic E-state index is 0.138. The second kappa shape index (κ2) is 6.70. The molecule has 23 heavy (non-hydrogen) atoms. The molecule has 2 N–H and O–H groups in total. The standard InChI is InChI=1S/C18H16N4O/c1-19-18-21-16(12-11-13-7-3-2-4-8-13)20-17(22-18)14-9-5-6-10-15(14)23/h2-12,23H,1H3,(H,19,20,21,22)/b12-11+. The zero-order valence-electron chi connectivity index (χ0n) is 12.6. The van der Waals surface area contributed by atoms with Crippen LogP contribution in [0.15, 0.2) is 54.6 Å². The molecule has 0 spiro atoms. The highest BCUT2D eigenvalue weighted by molar-refractivity contribution is 5.69. The molecule has 3 rings (SSSR count). The topological polar surface area (TPSA) is 70.9 Å². The van der Waals surface area contributed by atoms with Crippen LogP contribution in [0.5, 0.6) is 5.75 Å². The number of phenols is 1. The average molecular weight is 304 g/mol. The van der Waals surface area contributed by atoms with Crippen molar-refractivity contribution < 1.29 is 5.11 Å². The zero-order chi connectivity index (χ0) is 16.1. The fourth-order valence-corrected chi connectivity index (χ4v) is 2.10. The van der Waals surface area contributed by atoms with Gasteiger partial charge in [0, 0.05) is 7.05 Å². The second-order valence-electron chi connectivity index (χ2n) is 4.85. The van der Waals surface area contributed by atoms with Gasteiger partial charge in [-0.05, 0) is 23.8 Å². The van der Waals surface area contributed by atoms with Crippen LogP contribution < -0.4 is 5.32 Å². The van der Waals surface area contributed by atoms with E-state index in [4.69, 9.17) is 0 Å². The molecule has 5 nitrogen and oxygen atoms in total. The number of aromatic nitrogens is 3. The van der Waals surface area contributed by atoms with E-state index in [1.807, 2.05) is 48.6 Å². The molecule has 0 aliphatic carbocycles. The molecule has 0 saturated carbocycles. The van der Waals surface area contributed by atoms with Crippen LogP contribution in [0, 0.1) is 0 Å². The summed E-state index contributed by atoms with van der Waals surface area (Å²) in [5, 5.41) is 12.9. The zero-order valence-corrected chi connectivity index (χ0v) is 12.6. The van der Waals surface area contributed by atoms with Crippen LogP contribution in [-0.4, -0.2) is 27.1 Å². The molecular formula is C18H16N4O. The van der Waals surface area contributed by atoms with E-state index < -0.39 is 0 Å². The molecular weight excluding hydrogens is 288 g/mol. The van der Waals surface area contributed by atoms with Crippen molar-refractivity contribution in [2.24, 2.45) is 0 Å². The van der Waals surface area contributed by atoms with Crippen LogP contribution in [-0.2, 0) is 0 Å². The van der Waals surface area contributed by atoms with Crippen LogP contribution in [0.25, 0.3) is 23.5 Å². The third kappa shape index (κ3) is 3.52. The van der Waals surface area contributed by atoms with Crippen LogP contribution in [0.1, 0.15) is 11.4 Å². The molecule has 0 aliphatic rings. The van der Waals surface area contributed by atoms with Crippen LogP contribution in [0.4, 0.5) is 5.95 Å². The van der Waals surface area contributed by atoms with Crippen LogP contribution in [0.2, 0.25) is 0 Å². The summed E-state index contributed by atoms with van der Waals surface area (Å²) in [6.45, 7) is 0. The van der Waals surface area contributed by atoms with E-state index >= 15 is 0 Å². The van der Waals surface area contributed by atoms with Gasteiger partial charge in [0.25, 0.3) is 0 Å².